The Kier molecular flexibility index (Phi) is 4.29. The highest BCUT2D eigenvalue weighted by molar-refractivity contribution is 5.82. The first-order valence-corrected chi connectivity index (χ1v) is 5.87. The number of benzene rings is 1. The van der Waals surface area contributed by atoms with Crippen molar-refractivity contribution < 1.29 is 4.79 Å². The Morgan fingerprint density at radius 2 is 1.82 bits per heavy atom. The highest BCUT2D eigenvalue weighted by Crippen LogP contribution is 2.17. The van der Waals surface area contributed by atoms with Crippen LogP contribution in [0.25, 0.3) is 0 Å². The molecular weight excluding hydrogens is 212 g/mol. The zero-order chi connectivity index (χ0) is 13.1. The van der Waals surface area contributed by atoms with Gasteiger partial charge in [0.1, 0.15) is 6.04 Å². The lowest BCUT2D eigenvalue weighted by atomic mass is 9.95. The molecule has 0 radical (unpaired) electrons. The summed E-state index contributed by atoms with van der Waals surface area (Å²) in [5.41, 5.74) is 6.91. The second kappa shape index (κ2) is 5.32. The van der Waals surface area contributed by atoms with Crippen molar-refractivity contribution in [2.45, 2.75) is 26.8 Å². The van der Waals surface area contributed by atoms with Crippen molar-refractivity contribution in [1.82, 2.24) is 4.90 Å². The number of nitrogens with zero attached hydrogens (tertiary/aromatic N) is 1. The quantitative estimate of drug-likeness (QED) is 0.871. The van der Waals surface area contributed by atoms with Gasteiger partial charge in [-0.15, -0.1) is 0 Å². The number of carbonyl (C=O) groups excluding carboxylic acids is 1. The van der Waals surface area contributed by atoms with Crippen LogP contribution >= 0.6 is 0 Å². The van der Waals surface area contributed by atoms with E-state index in [1.165, 1.54) is 0 Å². The van der Waals surface area contributed by atoms with E-state index in [-0.39, 0.29) is 11.3 Å². The van der Waals surface area contributed by atoms with Gasteiger partial charge in [-0.2, -0.15) is 0 Å². The van der Waals surface area contributed by atoms with E-state index in [4.69, 9.17) is 5.73 Å². The first-order valence-electron chi connectivity index (χ1n) is 5.87. The first kappa shape index (κ1) is 13.7. The van der Waals surface area contributed by atoms with E-state index in [0.29, 0.717) is 6.54 Å². The molecule has 0 aliphatic rings. The molecule has 0 saturated heterocycles. The van der Waals surface area contributed by atoms with Crippen LogP contribution in [0, 0.1) is 5.41 Å². The largest absolute Gasteiger partial charge is 0.344 e. The van der Waals surface area contributed by atoms with E-state index in [1.54, 1.807) is 11.9 Å². The van der Waals surface area contributed by atoms with Gasteiger partial charge in [0.2, 0.25) is 5.91 Å². The molecule has 94 valence electrons. The Balaban J connectivity index is 2.71. The molecule has 3 nitrogen and oxygen atoms in total. The molecule has 1 aromatic rings. The van der Waals surface area contributed by atoms with Crippen molar-refractivity contribution in [2.75, 3.05) is 13.6 Å². The van der Waals surface area contributed by atoms with Crippen molar-refractivity contribution >= 4 is 5.91 Å². The number of nitrogens with two attached hydrogens (primary N) is 1. The summed E-state index contributed by atoms with van der Waals surface area (Å²) < 4.78 is 0. The molecule has 1 rings (SSSR count). The normalized spacial score (nSPS) is 13.2. The van der Waals surface area contributed by atoms with E-state index in [1.807, 2.05) is 30.3 Å². The fourth-order valence-electron chi connectivity index (χ4n) is 1.83. The predicted octanol–water partition coefficient (Wildman–Crippen LogP) is 2.19. The maximum Gasteiger partial charge on any atom is 0.243 e. The molecule has 3 heteroatoms. The average Bonchev–Trinajstić information content (AvgIpc) is 2.26. The molecular formula is C14H22N2O. The number of likely N-dealkylation sites (N-methyl/N-ethyl adjacent to an activating group) is 1. The van der Waals surface area contributed by atoms with Gasteiger partial charge >= 0.3 is 0 Å². The van der Waals surface area contributed by atoms with Crippen LogP contribution in [-0.2, 0) is 4.79 Å². The summed E-state index contributed by atoms with van der Waals surface area (Å²) in [5.74, 6) is -0.0360. The Labute approximate surface area is 104 Å². The van der Waals surface area contributed by atoms with Gasteiger partial charge in [-0.05, 0) is 11.0 Å². The number of rotatable bonds is 3. The molecule has 0 bridgehead atoms. The molecule has 1 amide bonds. The minimum absolute atomic E-state index is 0.0360. The summed E-state index contributed by atoms with van der Waals surface area (Å²) >= 11 is 0. The van der Waals surface area contributed by atoms with Crippen LogP contribution in [0.1, 0.15) is 32.4 Å². The second-order valence-corrected chi connectivity index (χ2v) is 5.64. The molecule has 0 aliphatic heterocycles. The third-order valence-corrected chi connectivity index (χ3v) is 2.51. The molecule has 0 unspecified atom stereocenters. The zero-order valence-corrected chi connectivity index (χ0v) is 11.1. The summed E-state index contributed by atoms with van der Waals surface area (Å²) in [6.07, 6.45) is 0. The van der Waals surface area contributed by atoms with Gasteiger partial charge in [-0.3, -0.25) is 4.79 Å². The number of hydrogen-bond donors (Lipinski definition) is 1. The molecule has 1 atom stereocenters. The van der Waals surface area contributed by atoms with Gasteiger partial charge in [0.15, 0.2) is 0 Å². The van der Waals surface area contributed by atoms with E-state index in [0.717, 1.165) is 5.56 Å². The van der Waals surface area contributed by atoms with Gasteiger partial charge in [-0.25, -0.2) is 0 Å². The van der Waals surface area contributed by atoms with E-state index in [2.05, 4.69) is 20.8 Å². The monoisotopic (exact) mass is 234 g/mol. The van der Waals surface area contributed by atoms with Gasteiger partial charge in [0, 0.05) is 13.6 Å². The van der Waals surface area contributed by atoms with Crippen LogP contribution in [0.15, 0.2) is 30.3 Å². The zero-order valence-electron chi connectivity index (χ0n) is 11.1. The van der Waals surface area contributed by atoms with Crippen molar-refractivity contribution in [1.29, 1.82) is 0 Å². The van der Waals surface area contributed by atoms with Crippen molar-refractivity contribution in [2.24, 2.45) is 11.1 Å². The fourth-order valence-corrected chi connectivity index (χ4v) is 1.83. The second-order valence-electron chi connectivity index (χ2n) is 5.64. The number of carbonyl (C=O) groups is 1. The summed E-state index contributed by atoms with van der Waals surface area (Å²) in [6.45, 7) is 7.01. The highest BCUT2D eigenvalue weighted by Gasteiger charge is 2.23. The Hall–Kier alpha value is -1.35. The van der Waals surface area contributed by atoms with Crippen LogP contribution in [0.4, 0.5) is 0 Å². The third kappa shape index (κ3) is 4.19. The Morgan fingerprint density at radius 3 is 2.29 bits per heavy atom. The molecule has 0 aliphatic carbocycles. The molecule has 0 aromatic heterocycles. The van der Waals surface area contributed by atoms with Crippen LogP contribution in [-0.4, -0.2) is 24.4 Å². The highest BCUT2D eigenvalue weighted by atomic mass is 16.2. The molecule has 0 fully saturated rings. The summed E-state index contributed by atoms with van der Waals surface area (Å²) in [6, 6.07) is 8.91. The minimum Gasteiger partial charge on any atom is -0.344 e. The SMILES string of the molecule is CN(CC(C)(C)C)C(=O)[C@H](N)c1ccccc1. The number of hydrogen-bond acceptors (Lipinski definition) is 2. The molecule has 1 aromatic carbocycles. The average molecular weight is 234 g/mol. The summed E-state index contributed by atoms with van der Waals surface area (Å²) in [5, 5.41) is 0. The van der Waals surface area contributed by atoms with E-state index < -0.39 is 6.04 Å². The van der Waals surface area contributed by atoms with Gasteiger partial charge in [0.25, 0.3) is 0 Å². The van der Waals surface area contributed by atoms with Gasteiger partial charge in [-0.1, -0.05) is 51.1 Å². The van der Waals surface area contributed by atoms with E-state index >= 15 is 0 Å². The summed E-state index contributed by atoms with van der Waals surface area (Å²) in [7, 11) is 1.80. The van der Waals surface area contributed by atoms with Crippen LogP contribution in [0.5, 0.6) is 0 Å². The topological polar surface area (TPSA) is 46.3 Å². The van der Waals surface area contributed by atoms with Crippen LogP contribution < -0.4 is 5.73 Å². The van der Waals surface area contributed by atoms with Crippen molar-refractivity contribution in [3.8, 4) is 0 Å². The summed E-state index contributed by atoms with van der Waals surface area (Å²) in [4.78, 5) is 13.8. The van der Waals surface area contributed by atoms with E-state index in [9.17, 15) is 4.79 Å². The minimum atomic E-state index is -0.566. The Bertz CT molecular complexity index is 368. The molecule has 0 heterocycles. The smallest absolute Gasteiger partial charge is 0.243 e. The van der Waals surface area contributed by atoms with Gasteiger partial charge < -0.3 is 10.6 Å². The molecule has 0 spiro atoms. The molecule has 0 saturated carbocycles. The van der Waals surface area contributed by atoms with Gasteiger partial charge in [0.05, 0.1) is 0 Å². The lowest BCUT2D eigenvalue weighted by Crippen LogP contribution is -2.40. The van der Waals surface area contributed by atoms with Crippen LogP contribution in [0.2, 0.25) is 0 Å². The lowest BCUT2D eigenvalue weighted by molar-refractivity contribution is -0.132. The Morgan fingerprint density at radius 1 is 1.29 bits per heavy atom. The van der Waals surface area contributed by atoms with Crippen molar-refractivity contribution in [3.63, 3.8) is 0 Å². The third-order valence-electron chi connectivity index (χ3n) is 2.51. The maximum atomic E-state index is 12.1. The molecule has 2 N–H and O–H groups in total. The fraction of sp³-hybridized carbons (Fsp3) is 0.500. The maximum absolute atomic E-state index is 12.1. The number of amides is 1. The van der Waals surface area contributed by atoms with Crippen molar-refractivity contribution in [3.05, 3.63) is 35.9 Å². The van der Waals surface area contributed by atoms with Crippen LogP contribution in [0.3, 0.4) is 0 Å². The predicted molar refractivity (Wildman–Crippen MR) is 70.5 cm³/mol. The lowest BCUT2D eigenvalue weighted by Gasteiger charge is -2.28. The standard InChI is InChI=1S/C14H22N2O/c1-14(2,3)10-16(4)13(17)12(15)11-8-6-5-7-9-11/h5-9,12H,10,15H2,1-4H3/t12-/m1/s1. The first-order chi connectivity index (χ1) is 7.81. The molecule has 17 heavy (non-hydrogen) atoms.